The molecule has 0 saturated heterocycles. The molecule has 2 aromatic rings. The molecule has 0 radical (unpaired) electrons. The van der Waals surface area contributed by atoms with Crippen LogP contribution in [0.4, 0.5) is 4.39 Å². The molecule has 0 aromatic heterocycles. The standard InChI is InChI=1S/C19H19FO2/c1-3-4-13-6-9-14(10-7-13)16-11-15-8-5-12(2)17(20)18(15)22-19(16)21/h5-10,16H,3-4,11H2,1-2H3. The van der Waals surface area contributed by atoms with Gasteiger partial charge in [-0.25, -0.2) is 4.39 Å². The molecule has 0 aliphatic carbocycles. The number of halogens is 1. The van der Waals surface area contributed by atoms with Crippen molar-refractivity contribution in [1.82, 2.24) is 0 Å². The van der Waals surface area contributed by atoms with Crippen LogP contribution in [0.5, 0.6) is 5.75 Å². The molecule has 0 N–H and O–H groups in total. The second-order valence-corrected chi connectivity index (χ2v) is 5.85. The Bertz CT molecular complexity index is 704. The SMILES string of the molecule is CCCc1ccc(C2Cc3ccc(C)c(F)c3OC2=O)cc1. The van der Waals surface area contributed by atoms with Crippen LogP contribution >= 0.6 is 0 Å². The minimum Gasteiger partial charge on any atom is -0.423 e. The first-order valence-electron chi connectivity index (χ1n) is 7.68. The van der Waals surface area contributed by atoms with Crippen molar-refractivity contribution in [1.29, 1.82) is 0 Å². The average molecular weight is 298 g/mol. The maximum absolute atomic E-state index is 14.0. The first-order chi connectivity index (χ1) is 10.6. The van der Waals surface area contributed by atoms with Crippen LogP contribution in [0, 0.1) is 12.7 Å². The summed E-state index contributed by atoms with van der Waals surface area (Å²) in [6, 6.07) is 11.6. The third kappa shape index (κ3) is 2.63. The normalized spacial score (nSPS) is 17.0. The summed E-state index contributed by atoms with van der Waals surface area (Å²) in [5.41, 5.74) is 3.44. The molecule has 0 fully saturated rings. The van der Waals surface area contributed by atoms with Crippen LogP contribution in [0.1, 0.15) is 41.5 Å². The van der Waals surface area contributed by atoms with Gasteiger partial charge in [-0.1, -0.05) is 49.7 Å². The van der Waals surface area contributed by atoms with Crippen LogP contribution in [-0.4, -0.2) is 5.97 Å². The number of esters is 1. The molecule has 3 heteroatoms. The van der Waals surface area contributed by atoms with Crippen molar-refractivity contribution in [3.05, 3.63) is 64.5 Å². The van der Waals surface area contributed by atoms with E-state index in [1.165, 1.54) is 5.56 Å². The van der Waals surface area contributed by atoms with E-state index >= 15 is 0 Å². The summed E-state index contributed by atoms with van der Waals surface area (Å²) in [5, 5.41) is 0. The zero-order chi connectivity index (χ0) is 15.7. The highest BCUT2D eigenvalue weighted by atomic mass is 19.1. The van der Waals surface area contributed by atoms with Crippen molar-refractivity contribution < 1.29 is 13.9 Å². The molecule has 1 atom stereocenters. The van der Waals surface area contributed by atoms with Gasteiger partial charge in [0.2, 0.25) is 0 Å². The van der Waals surface area contributed by atoms with Gasteiger partial charge < -0.3 is 4.74 Å². The maximum Gasteiger partial charge on any atom is 0.319 e. The van der Waals surface area contributed by atoms with Gasteiger partial charge in [0.15, 0.2) is 11.6 Å². The lowest BCUT2D eigenvalue weighted by Gasteiger charge is -2.24. The van der Waals surface area contributed by atoms with Crippen molar-refractivity contribution >= 4 is 5.97 Å². The van der Waals surface area contributed by atoms with Gasteiger partial charge in [-0.05, 0) is 42.0 Å². The van der Waals surface area contributed by atoms with Crippen LogP contribution in [0.25, 0.3) is 0 Å². The maximum atomic E-state index is 14.0. The van der Waals surface area contributed by atoms with E-state index in [0.717, 1.165) is 24.0 Å². The topological polar surface area (TPSA) is 26.3 Å². The Morgan fingerprint density at radius 2 is 1.91 bits per heavy atom. The highest BCUT2D eigenvalue weighted by Gasteiger charge is 2.31. The van der Waals surface area contributed by atoms with E-state index < -0.39 is 5.82 Å². The molecule has 0 spiro atoms. The zero-order valence-electron chi connectivity index (χ0n) is 12.9. The van der Waals surface area contributed by atoms with Gasteiger partial charge in [-0.3, -0.25) is 4.79 Å². The number of benzene rings is 2. The Morgan fingerprint density at radius 3 is 2.59 bits per heavy atom. The summed E-state index contributed by atoms with van der Waals surface area (Å²) in [6.45, 7) is 3.81. The van der Waals surface area contributed by atoms with Crippen LogP contribution in [0.3, 0.4) is 0 Å². The molecule has 1 aliphatic heterocycles. The monoisotopic (exact) mass is 298 g/mol. The van der Waals surface area contributed by atoms with Crippen LogP contribution in [-0.2, 0) is 17.6 Å². The Kier molecular flexibility index (Phi) is 3.97. The number of aryl methyl sites for hydroxylation is 2. The van der Waals surface area contributed by atoms with Gasteiger partial charge in [0.1, 0.15) is 0 Å². The Labute approximate surface area is 129 Å². The number of rotatable bonds is 3. The van der Waals surface area contributed by atoms with Crippen molar-refractivity contribution in [2.75, 3.05) is 0 Å². The third-order valence-corrected chi connectivity index (χ3v) is 4.20. The van der Waals surface area contributed by atoms with Crippen LogP contribution in [0.15, 0.2) is 36.4 Å². The summed E-state index contributed by atoms with van der Waals surface area (Å²) in [4.78, 5) is 12.2. The summed E-state index contributed by atoms with van der Waals surface area (Å²) in [6.07, 6.45) is 2.61. The predicted molar refractivity (Wildman–Crippen MR) is 83.7 cm³/mol. The quantitative estimate of drug-likeness (QED) is 0.622. The zero-order valence-corrected chi connectivity index (χ0v) is 12.9. The van der Waals surface area contributed by atoms with E-state index in [1.54, 1.807) is 13.0 Å². The fourth-order valence-corrected chi connectivity index (χ4v) is 2.90. The average Bonchev–Trinajstić information content (AvgIpc) is 2.52. The molecule has 3 rings (SSSR count). The molecule has 0 saturated carbocycles. The van der Waals surface area contributed by atoms with Crippen molar-refractivity contribution in [2.24, 2.45) is 0 Å². The minimum absolute atomic E-state index is 0.101. The van der Waals surface area contributed by atoms with E-state index in [4.69, 9.17) is 4.74 Å². The molecule has 0 bridgehead atoms. The summed E-state index contributed by atoms with van der Waals surface area (Å²) >= 11 is 0. The Hall–Kier alpha value is -2.16. The molecule has 0 amide bonds. The minimum atomic E-state index is -0.428. The highest BCUT2D eigenvalue weighted by Crippen LogP contribution is 2.36. The van der Waals surface area contributed by atoms with E-state index in [2.05, 4.69) is 19.1 Å². The van der Waals surface area contributed by atoms with Gasteiger partial charge in [0.05, 0.1) is 5.92 Å². The van der Waals surface area contributed by atoms with Crippen LogP contribution < -0.4 is 4.74 Å². The number of ether oxygens (including phenoxy) is 1. The number of fused-ring (bicyclic) bond motifs is 1. The largest absolute Gasteiger partial charge is 0.423 e. The molecule has 114 valence electrons. The lowest BCUT2D eigenvalue weighted by atomic mass is 9.88. The van der Waals surface area contributed by atoms with E-state index in [0.29, 0.717) is 12.0 Å². The first-order valence-corrected chi connectivity index (χ1v) is 7.68. The number of carbonyl (C=O) groups excluding carboxylic acids is 1. The molecular weight excluding hydrogens is 279 g/mol. The Morgan fingerprint density at radius 1 is 1.18 bits per heavy atom. The van der Waals surface area contributed by atoms with Crippen molar-refractivity contribution in [2.45, 2.75) is 39.0 Å². The highest BCUT2D eigenvalue weighted by molar-refractivity contribution is 5.83. The lowest BCUT2D eigenvalue weighted by Crippen LogP contribution is -2.26. The Balaban J connectivity index is 1.90. The fourth-order valence-electron chi connectivity index (χ4n) is 2.90. The smallest absolute Gasteiger partial charge is 0.319 e. The van der Waals surface area contributed by atoms with Crippen LogP contribution in [0.2, 0.25) is 0 Å². The molecular formula is C19H19FO2. The van der Waals surface area contributed by atoms with E-state index in [9.17, 15) is 9.18 Å². The molecule has 1 aliphatic rings. The lowest BCUT2D eigenvalue weighted by molar-refractivity contribution is -0.137. The van der Waals surface area contributed by atoms with Gasteiger partial charge in [0, 0.05) is 0 Å². The number of hydrogen-bond donors (Lipinski definition) is 0. The third-order valence-electron chi connectivity index (χ3n) is 4.20. The van der Waals surface area contributed by atoms with Gasteiger partial charge in [-0.2, -0.15) is 0 Å². The molecule has 2 aromatic carbocycles. The van der Waals surface area contributed by atoms with E-state index in [1.807, 2.05) is 18.2 Å². The fraction of sp³-hybridized carbons (Fsp3) is 0.316. The predicted octanol–water partition coefficient (Wildman–Crippen LogP) is 4.33. The second-order valence-electron chi connectivity index (χ2n) is 5.85. The molecule has 1 unspecified atom stereocenters. The second kappa shape index (κ2) is 5.91. The van der Waals surface area contributed by atoms with Crippen molar-refractivity contribution in [3.63, 3.8) is 0 Å². The number of carbonyl (C=O) groups is 1. The summed E-state index contributed by atoms with van der Waals surface area (Å²) in [5.74, 6) is -1.06. The molecule has 22 heavy (non-hydrogen) atoms. The van der Waals surface area contributed by atoms with Gasteiger partial charge >= 0.3 is 5.97 Å². The van der Waals surface area contributed by atoms with E-state index in [-0.39, 0.29) is 17.6 Å². The van der Waals surface area contributed by atoms with Gasteiger partial charge in [-0.15, -0.1) is 0 Å². The van der Waals surface area contributed by atoms with Crippen molar-refractivity contribution in [3.8, 4) is 5.75 Å². The summed E-state index contributed by atoms with van der Waals surface area (Å²) in [7, 11) is 0. The summed E-state index contributed by atoms with van der Waals surface area (Å²) < 4.78 is 19.3. The number of hydrogen-bond acceptors (Lipinski definition) is 2. The molecule has 1 heterocycles. The molecule has 2 nitrogen and oxygen atoms in total. The first kappa shape index (κ1) is 14.8. The van der Waals surface area contributed by atoms with Gasteiger partial charge in [0.25, 0.3) is 0 Å².